The van der Waals surface area contributed by atoms with Crippen LogP contribution in [0.3, 0.4) is 0 Å². The highest BCUT2D eigenvalue weighted by atomic mass is 16.7. The standard InChI is InChI=1S/C41H67BN6O11/c1-21(2)33(46-36(54)26(15-16-31(49)50)44-35(53)25(43)20-32(51)52)38(56)47-34(22(3)4)39(57)48-17-9-11-27(48)37(55)45-30(12-8-10-23-13-14-23)42-58-29-19-24-18-28(40(24,5)6)41(29,7)59-42/h21-30,33-34H,8-20,43H2,1-7H3,(H,44,53)(H,45,55)(H,46,54)(H,47,56)(H,49,50)(H,51,52)/t24?,25-,26-,27-,28?,29?,30?,33-,34-,41?/m0/s1. The van der Waals surface area contributed by atoms with Gasteiger partial charge in [-0.25, -0.2) is 0 Å². The molecule has 0 aromatic heterocycles. The molecule has 0 aromatic rings. The Hall–Kier alpha value is -3.77. The monoisotopic (exact) mass is 830 g/mol. The number of carbonyl (C=O) groups is 7. The molecule has 2 aliphatic heterocycles. The van der Waals surface area contributed by atoms with E-state index < -0.39 is 109 Å². The van der Waals surface area contributed by atoms with Gasteiger partial charge < -0.3 is 51.4 Å². The van der Waals surface area contributed by atoms with Crippen LogP contribution in [0.25, 0.3) is 0 Å². The molecule has 6 aliphatic rings. The third-order valence-electron chi connectivity index (χ3n) is 13.8. The van der Waals surface area contributed by atoms with Crippen molar-refractivity contribution in [3.8, 4) is 0 Å². The van der Waals surface area contributed by atoms with E-state index in [9.17, 15) is 38.7 Å². The molecule has 0 aromatic carbocycles. The van der Waals surface area contributed by atoms with Crippen LogP contribution in [-0.4, -0.2) is 118 Å². The summed E-state index contributed by atoms with van der Waals surface area (Å²) >= 11 is 0. The summed E-state index contributed by atoms with van der Waals surface area (Å²) in [5, 5.41) is 29.2. The lowest BCUT2D eigenvalue weighted by molar-refractivity contribution is -0.199. The molecule has 17 nitrogen and oxygen atoms in total. The minimum Gasteiger partial charge on any atom is -0.481 e. The van der Waals surface area contributed by atoms with Crippen LogP contribution in [0.2, 0.25) is 0 Å². The average Bonchev–Trinajstić information content (AvgIpc) is 3.70. The van der Waals surface area contributed by atoms with Crippen LogP contribution in [0.15, 0.2) is 0 Å². The number of hydrogen-bond acceptors (Lipinski definition) is 10. The summed E-state index contributed by atoms with van der Waals surface area (Å²) in [6, 6.07) is -5.99. The molecule has 330 valence electrons. The lowest BCUT2D eigenvalue weighted by Gasteiger charge is -2.64. The Balaban J connectivity index is 1.25. The number of likely N-dealkylation sites (tertiary alicyclic amines) is 1. The molecule has 4 aliphatic carbocycles. The highest BCUT2D eigenvalue weighted by molar-refractivity contribution is 6.48. The molecule has 10 atom stereocenters. The number of nitrogens with zero attached hydrogens (tertiary/aromatic N) is 1. The van der Waals surface area contributed by atoms with Crippen LogP contribution >= 0.6 is 0 Å². The van der Waals surface area contributed by atoms with E-state index in [4.69, 9.17) is 20.1 Å². The molecule has 2 heterocycles. The number of hydrogen-bond donors (Lipinski definition) is 7. The summed E-state index contributed by atoms with van der Waals surface area (Å²) in [7, 11) is -0.599. The predicted octanol–water partition coefficient (Wildman–Crippen LogP) is 1.74. The maximum Gasteiger partial charge on any atom is 0.481 e. The normalized spacial score (nSPS) is 28.1. The topological polar surface area (TPSA) is 256 Å². The highest BCUT2D eigenvalue weighted by Crippen LogP contribution is 2.65. The zero-order valence-corrected chi connectivity index (χ0v) is 35.8. The summed E-state index contributed by atoms with van der Waals surface area (Å²) in [4.78, 5) is 92.4. The van der Waals surface area contributed by atoms with E-state index in [-0.39, 0.29) is 23.8 Å². The fraction of sp³-hybridized carbons (Fsp3) is 0.829. The zero-order valence-electron chi connectivity index (χ0n) is 35.8. The van der Waals surface area contributed by atoms with Gasteiger partial charge in [0.2, 0.25) is 29.5 Å². The van der Waals surface area contributed by atoms with Crippen molar-refractivity contribution in [3.05, 3.63) is 0 Å². The smallest absolute Gasteiger partial charge is 0.481 e. The first-order valence-electron chi connectivity index (χ1n) is 21.7. The van der Waals surface area contributed by atoms with Crippen LogP contribution < -0.4 is 27.0 Å². The van der Waals surface area contributed by atoms with Crippen molar-refractivity contribution in [2.75, 3.05) is 6.54 Å². The molecule has 2 saturated heterocycles. The number of amides is 5. The number of carbonyl (C=O) groups excluding carboxylic acids is 5. The van der Waals surface area contributed by atoms with E-state index in [1.54, 1.807) is 27.7 Å². The van der Waals surface area contributed by atoms with Gasteiger partial charge in [-0.2, -0.15) is 0 Å². The number of nitrogens with one attached hydrogen (secondary N) is 4. The number of carboxylic acid groups (broad SMARTS) is 2. The van der Waals surface area contributed by atoms with Crippen molar-refractivity contribution >= 4 is 48.6 Å². The SMILES string of the molecule is CC(C)[C@H](NC(=O)[C@H](CCC(=O)O)NC(=O)[C@@H](N)CC(=O)O)C(=O)N[C@H](C(=O)N1CCC[C@H]1C(=O)NC(CCCC1CC1)B1OC2CC3CC(C3(C)C)C2(C)O1)C(C)C. The van der Waals surface area contributed by atoms with Crippen molar-refractivity contribution in [2.24, 2.45) is 40.7 Å². The Morgan fingerprint density at radius 1 is 0.831 bits per heavy atom. The van der Waals surface area contributed by atoms with Gasteiger partial charge in [0.05, 0.1) is 30.1 Å². The van der Waals surface area contributed by atoms with Crippen LogP contribution in [0.5, 0.6) is 0 Å². The third kappa shape index (κ3) is 10.8. The quantitative estimate of drug-likeness (QED) is 0.0817. The predicted molar refractivity (Wildman–Crippen MR) is 216 cm³/mol. The maximum absolute atomic E-state index is 14.3. The minimum absolute atomic E-state index is 0.0389. The van der Waals surface area contributed by atoms with Gasteiger partial charge >= 0.3 is 19.1 Å². The Bertz CT molecular complexity index is 1610. The Kier molecular flexibility index (Phi) is 14.8. The van der Waals surface area contributed by atoms with Gasteiger partial charge in [-0.1, -0.05) is 67.2 Å². The lowest BCUT2D eigenvalue weighted by atomic mass is 9.43. The van der Waals surface area contributed by atoms with E-state index in [1.165, 1.54) is 17.7 Å². The van der Waals surface area contributed by atoms with Crippen LogP contribution in [0, 0.1) is 35.0 Å². The maximum atomic E-state index is 14.3. The summed E-state index contributed by atoms with van der Waals surface area (Å²) in [5.41, 5.74) is 5.39. The Labute approximate surface area is 347 Å². The lowest BCUT2D eigenvalue weighted by Crippen LogP contribution is -2.65. The molecule has 59 heavy (non-hydrogen) atoms. The number of aliphatic carboxylic acids is 2. The first-order chi connectivity index (χ1) is 27.6. The van der Waals surface area contributed by atoms with E-state index in [0.29, 0.717) is 37.6 Å². The summed E-state index contributed by atoms with van der Waals surface area (Å²) in [6.07, 6.45) is 6.62. The van der Waals surface area contributed by atoms with Crippen molar-refractivity contribution in [3.63, 3.8) is 0 Å². The van der Waals surface area contributed by atoms with Crippen LogP contribution in [-0.2, 0) is 42.9 Å². The largest absolute Gasteiger partial charge is 0.481 e. The molecular weight excluding hydrogens is 763 g/mol. The van der Waals surface area contributed by atoms with Crippen LogP contribution in [0.1, 0.15) is 126 Å². The van der Waals surface area contributed by atoms with Gasteiger partial charge in [0.15, 0.2) is 0 Å². The van der Waals surface area contributed by atoms with E-state index >= 15 is 0 Å². The molecule has 4 saturated carbocycles. The Morgan fingerprint density at radius 2 is 1.49 bits per heavy atom. The zero-order chi connectivity index (χ0) is 43.6. The first kappa shape index (κ1) is 46.3. The fourth-order valence-electron chi connectivity index (χ4n) is 9.78. The van der Waals surface area contributed by atoms with E-state index in [2.05, 4.69) is 42.0 Å². The number of rotatable bonds is 21. The third-order valence-corrected chi connectivity index (χ3v) is 13.8. The summed E-state index contributed by atoms with van der Waals surface area (Å²) in [6.45, 7) is 14.0. The molecule has 2 bridgehead atoms. The van der Waals surface area contributed by atoms with Crippen molar-refractivity contribution in [1.82, 2.24) is 26.2 Å². The second kappa shape index (κ2) is 18.9. The van der Waals surface area contributed by atoms with Gasteiger partial charge in [0.25, 0.3) is 0 Å². The summed E-state index contributed by atoms with van der Waals surface area (Å²) < 4.78 is 13.4. The van der Waals surface area contributed by atoms with Crippen LogP contribution in [0.4, 0.5) is 0 Å². The average molecular weight is 831 g/mol. The highest BCUT2D eigenvalue weighted by Gasteiger charge is 2.68. The fourth-order valence-corrected chi connectivity index (χ4v) is 9.78. The Morgan fingerprint density at radius 3 is 2.08 bits per heavy atom. The molecule has 0 spiro atoms. The summed E-state index contributed by atoms with van der Waals surface area (Å²) in [5.74, 6) is -5.48. The molecule has 5 amide bonds. The van der Waals surface area contributed by atoms with Crippen molar-refractivity contribution < 1.29 is 53.1 Å². The van der Waals surface area contributed by atoms with Gasteiger partial charge in [-0.15, -0.1) is 0 Å². The van der Waals surface area contributed by atoms with Gasteiger partial charge in [0, 0.05) is 13.0 Å². The number of nitrogens with two attached hydrogens (primary N) is 1. The molecule has 5 unspecified atom stereocenters. The number of carboxylic acids is 2. The van der Waals surface area contributed by atoms with Crippen molar-refractivity contribution in [1.29, 1.82) is 0 Å². The molecule has 6 fully saturated rings. The van der Waals surface area contributed by atoms with E-state index in [1.807, 2.05) is 0 Å². The minimum atomic E-state index is -1.50. The van der Waals surface area contributed by atoms with Gasteiger partial charge in [0.1, 0.15) is 24.2 Å². The first-order valence-corrected chi connectivity index (χ1v) is 21.7. The van der Waals surface area contributed by atoms with E-state index in [0.717, 1.165) is 31.6 Å². The molecule has 18 heteroatoms. The van der Waals surface area contributed by atoms with Gasteiger partial charge in [-0.3, -0.25) is 33.6 Å². The second-order valence-corrected chi connectivity index (χ2v) is 19.2. The van der Waals surface area contributed by atoms with Gasteiger partial charge in [-0.05, 0) is 80.5 Å². The molecule has 8 N–H and O–H groups in total. The molecular formula is C41H67BN6O11. The second-order valence-electron chi connectivity index (χ2n) is 19.2. The van der Waals surface area contributed by atoms with Crippen molar-refractivity contribution in [2.45, 2.75) is 173 Å². The molecule has 6 rings (SSSR count). The molecule has 0 radical (unpaired) electrons.